The number of benzene rings is 3. The van der Waals surface area contributed by atoms with Crippen LogP contribution in [0.2, 0.25) is 0 Å². The highest BCUT2D eigenvalue weighted by atomic mass is 32.2. The molecule has 2 aromatic carbocycles. The van der Waals surface area contributed by atoms with Crippen molar-refractivity contribution >= 4 is 36.8 Å². The van der Waals surface area contributed by atoms with Crippen LogP contribution in [0.3, 0.4) is 0 Å². The van der Waals surface area contributed by atoms with E-state index >= 15 is 0 Å². The first-order chi connectivity index (χ1) is 22.5. The Morgan fingerprint density at radius 2 is 1.51 bits per heavy atom. The number of ether oxygens (including phenoxy) is 3. The molecule has 0 atom stereocenters. The van der Waals surface area contributed by atoms with Crippen LogP contribution in [0.5, 0.6) is 0 Å². The Bertz CT molecular complexity index is 1900. The molecule has 2 N–H and O–H groups in total. The largest absolute Gasteiger partial charge is 0.456 e. The van der Waals surface area contributed by atoms with Crippen LogP contribution < -0.4 is 15.0 Å². The smallest absolute Gasteiger partial charge is 0.295 e. The van der Waals surface area contributed by atoms with Crippen LogP contribution in [0.1, 0.15) is 27.7 Å². The van der Waals surface area contributed by atoms with E-state index in [1.165, 1.54) is 18.2 Å². The quantitative estimate of drug-likeness (QED) is 0.0862. The lowest BCUT2D eigenvalue weighted by molar-refractivity contribution is 0.0181. The van der Waals surface area contributed by atoms with E-state index in [2.05, 4.69) is 28.5 Å². The van der Waals surface area contributed by atoms with E-state index in [0.717, 1.165) is 24.1 Å². The van der Waals surface area contributed by atoms with Gasteiger partial charge in [0.2, 0.25) is 10.0 Å². The van der Waals surface area contributed by atoms with Crippen molar-refractivity contribution in [2.45, 2.75) is 37.5 Å². The van der Waals surface area contributed by atoms with Crippen molar-refractivity contribution in [3.05, 3.63) is 60.0 Å². The molecule has 0 saturated carbocycles. The summed E-state index contributed by atoms with van der Waals surface area (Å²) < 4.78 is 86.7. The van der Waals surface area contributed by atoms with Crippen LogP contribution in [0.25, 0.3) is 33.4 Å². The molecule has 12 nitrogen and oxygen atoms in total. The number of hydrogen-bond acceptors (Lipinski definition) is 10. The summed E-state index contributed by atoms with van der Waals surface area (Å²) in [6, 6.07) is 15.2. The highest BCUT2D eigenvalue weighted by Crippen LogP contribution is 2.42. The molecule has 0 saturated heterocycles. The highest BCUT2D eigenvalue weighted by molar-refractivity contribution is 7.91. The topological polar surface area (TPSA) is 157 Å². The maximum atomic E-state index is 13.3. The molecule has 256 valence electrons. The predicted octanol–water partition coefficient (Wildman–Crippen LogP) is 4.57. The van der Waals surface area contributed by atoms with Gasteiger partial charge < -0.3 is 23.5 Å². The van der Waals surface area contributed by atoms with E-state index in [9.17, 15) is 21.4 Å². The summed E-state index contributed by atoms with van der Waals surface area (Å²) in [7, 11) is -9.32. The molecule has 2 aromatic rings. The number of nitrogens with one attached hydrogen (secondary N) is 1. The van der Waals surface area contributed by atoms with Gasteiger partial charge in [0.25, 0.3) is 10.1 Å². The fourth-order valence-electron chi connectivity index (χ4n) is 5.24. The first kappa shape index (κ1) is 36.5. The lowest BCUT2D eigenvalue weighted by Gasteiger charge is -2.22. The molecule has 0 bridgehead atoms. The summed E-state index contributed by atoms with van der Waals surface area (Å²) >= 11 is 0. The van der Waals surface area contributed by atoms with Gasteiger partial charge in [-0.25, -0.2) is 13.1 Å². The molecule has 0 fully saturated rings. The minimum atomic E-state index is -4.97. The van der Waals surface area contributed by atoms with Crippen molar-refractivity contribution < 1.29 is 40.0 Å². The van der Waals surface area contributed by atoms with Gasteiger partial charge in [-0.05, 0) is 69.7 Å². The van der Waals surface area contributed by atoms with Crippen LogP contribution in [-0.4, -0.2) is 87.2 Å². The molecule has 1 aliphatic heterocycles. The zero-order chi connectivity index (χ0) is 34.0. The second kappa shape index (κ2) is 16.6. The van der Waals surface area contributed by atoms with Crippen molar-refractivity contribution in [2.24, 2.45) is 4.99 Å². The van der Waals surface area contributed by atoms with Gasteiger partial charge in [0.1, 0.15) is 21.1 Å². The van der Waals surface area contributed by atoms with Gasteiger partial charge in [0, 0.05) is 67.1 Å². The van der Waals surface area contributed by atoms with E-state index in [0.29, 0.717) is 66.4 Å². The highest BCUT2D eigenvalue weighted by Gasteiger charge is 2.27. The first-order valence-corrected chi connectivity index (χ1v) is 18.6. The molecule has 0 aromatic heterocycles. The van der Waals surface area contributed by atoms with Crippen molar-refractivity contribution in [3.63, 3.8) is 0 Å². The standard InChI is InChI=1S/C33H43N3O9S2/c1-5-34-25-10-12-27-29(22-25)45-30-23-26(36(6-2)7-3)11-13-28(30)33(27)24-9-14-31(32(21-24)47(39,40)41)46(37,38)35-15-16-43-19-20-44-18-17-42-8-4/h9-14,21-23,35H,5-8,15-20H2,1-4H3,(H,39,40,41). The van der Waals surface area contributed by atoms with Gasteiger partial charge in [0.15, 0.2) is 0 Å². The van der Waals surface area contributed by atoms with Gasteiger partial charge in [0.05, 0.1) is 38.4 Å². The van der Waals surface area contributed by atoms with Crippen LogP contribution in [0, 0.1) is 0 Å². The summed E-state index contributed by atoms with van der Waals surface area (Å²) in [4.78, 5) is 5.33. The molecule has 1 heterocycles. The zero-order valence-corrected chi connectivity index (χ0v) is 28.8. The maximum Gasteiger partial charge on any atom is 0.295 e. The fraction of sp³-hybridized carbons (Fsp3) is 0.424. The van der Waals surface area contributed by atoms with Crippen molar-refractivity contribution in [1.29, 1.82) is 0 Å². The Morgan fingerprint density at radius 1 is 0.809 bits per heavy atom. The molecule has 0 radical (unpaired) electrons. The molecule has 47 heavy (non-hydrogen) atoms. The number of hydrogen-bond donors (Lipinski definition) is 2. The van der Waals surface area contributed by atoms with E-state index in [4.69, 9.17) is 18.6 Å². The number of sulfonamides is 1. The average Bonchev–Trinajstić information content (AvgIpc) is 3.04. The maximum absolute atomic E-state index is 13.3. The van der Waals surface area contributed by atoms with E-state index in [-0.39, 0.29) is 19.8 Å². The summed E-state index contributed by atoms with van der Waals surface area (Å²) in [5.74, 6) is 0.519. The molecular formula is C33H43N3O9S2. The van der Waals surface area contributed by atoms with Crippen molar-refractivity contribution in [3.8, 4) is 22.5 Å². The Labute approximate surface area is 276 Å². The van der Waals surface area contributed by atoms with Crippen molar-refractivity contribution in [1.82, 2.24) is 4.72 Å². The molecule has 2 aliphatic rings. The molecule has 1 aliphatic carbocycles. The lowest BCUT2D eigenvalue weighted by Crippen LogP contribution is -2.29. The van der Waals surface area contributed by atoms with Crippen LogP contribution in [0.15, 0.2) is 73.8 Å². The Morgan fingerprint density at radius 3 is 2.17 bits per heavy atom. The SMILES string of the molecule is CCN=c1ccc2c(-c3ccc(S(=O)(=O)NCCOCCOCCOCC)c(S(=O)(=O)O)c3)c3ccc(N(CC)CC)cc3oc-2c1. The van der Waals surface area contributed by atoms with E-state index in [1.807, 2.05) is 50.2 Å². The second-order valence-corrected chi connectivity index (χ2v) is 13.6. The second-order valence-electron chi connectivity index (χ2n) is 10.4. The molecule has 0 unspecified atom stereocenters. The Hall–Kier alpha value is -3.37. The number of nitrogens with zero attached hydrogens (tertiary/aromatic N) is 2. The fourth-order valence-corrected chi connectivity index (χ4v) is 7.56. The summed E-state index contributed by atoms with van der Waals surface area (Å²) in [6.45, 7) is 12.1. The molecule has 0 amide bonds. The summed E-state index contributed by atoms with van der Waals surface area (Å²) in [6.07, 6.45) is 0. The van der Waals surface area contributed by atoms with Gasteiger partial charge in [-0.1, -0.05) is 6.07 Å². The number of fused-ring (bicyclic) bond motifs is 2. The van der Waals surface area contributed by atoms with Crippen LogP contribution in [0.4, 0.5) is 5.69 Å². The van der Waals surface area contributed by atoms with Gasteiger partial charge in [-0.2, -0.15) is 8.42 Å². The van der Waals surface area contributed by atoms with Gasteiger partial charge in [-0.15, -0.1) is 0 Å². The minimum Gasteiger partial charge on any atom is -0.456 e. The van der Waals surface area contributed by atoms with E-state index in [1.54, 1.807) is 0 Å². The number of rotatable bonds is 18. The Balaban J connectivity index is 1.71. The zero-order valence-electron chi connectivity index (χ0n) is 27.2. The summed E-state index contributed by atoms with van der Waals surface area (Å²) in [5.41, 5.74) is 3.17. The van der Waals surface area contributed by atoms with Crippen LogP contribution >= 0.6 is 0 Å². The third-order valence-corrected chi connectivity index (χ3v) is 9.99. The predicted molar refractivity (Wildman–Crippen MR) is 181 cm³/mol. The minimum absolute atomic E-state index is 0.0284. The Kier molecular flexibility index (Phi) is 12.9. The van der Waals surface area contributed by atoms with Crippen molar-refractivity contribution in [2.75, 3.05) is 70.7 Å². The average molecular weight is 690 g/mol. The van der Waals surface area contributed by atoms with Crippen LogP contribution in [-0.2, 0) is 34.4 Å². The summed E-state index contributed by atoms with van der Waals surface area (Å²) in [5, 5.41) is 1.40. The monoisotopic (exact) mass is 689 g/mol. The van der Waals surface area contributed by atoms with Gasteiger partial charge in [-0.3, -0.25) is 9.55 Å². The van der Waals surface area contributed by atoms with E-state index < -0.39 is 29.9 Å². The molecular weight excluding hydrogens is 647 g/mol. The third kappa shape index (κ3) is 9.16. The lowest BCUT2D eigenvalue weighted by atomic mass is 9.93. The third-order valence-electron chi connectivity index (χ3n) is 7.44. The molecule has 0 spiro atoms. The number of anilines is 1. The molecule has 14 heteroatoms. The van der Waals surface area contributed by atoms with Gasteiger partial charge >= 0.3 is 0 Å². The molecule has 4 rings (SSSR count). The normalized spacial score (nSPS) is 12.7. The first-order valence-electron chi connectivity index (χ1n) is 15.6.